The molecule has 0 saturated heterocycles. The number of hydrogen-bond donors (Lipinski definition) is 0. The fourth-order valence-electron chi connectivity index (χ4n) is 3.76. The molecule has 3 aromatic carbocycles. The quantitative estimate of drug-likeness (QED) is 0.318. The zero-order valence-electron chi connectivity index (χ0n) is 18.2. The third-order valence-corrected chi connectivity index (χ3v) is 5.75. The van der Waals surface area contributed by atoms with Crippen LogP contribution in [0.5, 0.6) is 11.5 Å². The van der Waals surface area contributed by atoms with E-state index in [4.69, 9.17) is 11.2 Å². The molecular formula is C29H32O. The normalized spacial score (nSPS) is 12.7. The molecule has 0 spiro atoms. The molecule has 0 saturated carbocycles. The lowest BCUT2D eigenvalue weighted by atomic mass is 9.78. The van der Waals surface area contributed by atoms with Crippen LogP contribution in [0.2, 0.25) is 0 Å². The highest BCUT2D eigenvalue weighted by Crippen LogP contribution is 2.30. The van der Waals surface area contributed by atoms with Gasteiger partial charge >= 0.3 is 0 Å². The van der Waals surface area contributed by atoms with Gasteiger partial charge in [-0.1, -0.05) is 73.9 Å². The molecule has 1 unspecified atom stereocenters. The molecule has 0 aromatic heterocycles. The molecule has 0 radical (unpaired) electrons. The molecule has 3 rings (SSSR count). The van der Waals surface area contributed by atoms with E-state index < -0.39 is 0 Å². The highest BCUT2D eigenvalue weighted by atomic mass is 16.5. The van der Waals surface area contributed by atoms with Gasteiger partial charge in [-0.2, -0.15) is 0 Å². The molecule has 1 atom stereocenters. The predicted octanol–water partition coefficient (Wildman–Crippen LogP) is 7.74. The van der Waals surface area contributed by atoms with E-state index in [2.05, 4.69) is 62.2 Å². The van der Waals surface area contributed by atoms with Gasteiger partial charge in [0.25, 0.3) is 0 Å². The number of ether oxygens (including phenoxy) is 1. The highest BCUT2D eigenvalue weighted by Gasteiger charge is 2.23. The van der Waals surface area contributed by atoms with Crippen LogP contribution in [0, 0.1) is 12.3 Å². The van der Waals surface area contributed by atoms with Gasteiger partial charge in [0, 0.05) is 0 Å². The molecule has 0 N–H and O–H groups in total. The SMILES string of the molecule is C#CC(C)(CCCc1cccc(Oc2ccccc2)c1)c1ccc(CCCC)cc1. The molecule has 0 fully saturated rings. The fraction of sp³-hybridized carbons (Fsp3) is 0.310. The Hall–Kier alpha value is -2.98. The van der Waals surface area contributed by atoms with Gasteiger partial charge < -0.3 is 4.74 Å². The van der Waals surface area contributed by atoms with Crippen molar-refractivity contribution in [3.05, 3.63) is 95.6 Å². The first kappa shape index (κ1) is 21.7. The van der Waals surface area contributed by atoms with Crippen molar-refractivity contribution in [3.63, 3.8) is 0 Å². The molecule has 0 aliphatic rings. The van der Waals surface area contributed by atoms with Crippen LogP contribution >= 0.6 is 0 Å². The van der Waals surface area contributed by atoms with Crippen molar-refractivity contribution >= 4 is 0 Å². The van der Waals surface area contributed by atoms with Gasteiger partial charge in [0.15, 0.2) is 0 Å². The van der Waals surface area contributed by atoms with E-state index in [1.54, 1.807) is 0 Å². The number of para-hydroxylation sites is 1. The Labute approximate surface area is 182 Å². The van der Waals surface area contributed by atoms with Gasteiger partial charge in [-0.3, -0.25) is 0 Å². The number of unbranched alkanes of at least 4 members (excludes halogenated alkanes) is 1. The van der Waals surface area contributed by atoms with Crippen LogP contribution in [0.25, 0.3) is 0 Å². The van der Waals surface area contributed by atoms with E-state index in [1.165, 1.54) is 29.5 Å². The number of rotatable bonds is 10. The minimum atomic E-state index is -0.235. The molecule has 0 bridgehead atoms. The van der Waals surface area contributed by atoms with E-state index >= 15 is 0 Å². The number of terminal acetylenes is 1. The zero-order chi connectivity index (χ0) is 21.2. The largest absolute Gasteiger partial charge is 0.457 e. The average molecular weight is 397 g/mol. The Morgan fingerprint density at radius 1 is 0.800 bits per heavy atom. The standard InChI is InChI=1S/C29H32O/c1-4-6-12-24-18-20-26(21-19-24)29(3,5-2)22-11-14-25-13-10-17-28(23-25)30-27-15-8-7-9-16-27/h2,7-10,13,15-21,23H,4,6,11-12,14,22H2,1,3H3. The van der Waals surface area contributed by atoms with Gasteiger partial charge in [-0.25, -0.2) is 0 Å². The maximum Gasteiger partial charge on any atom is 0.127 e. The third-order valence-electron chi connectivity index (χ3n) is 5.75. The van der Waals surface area contributed by atoms with Crippen LogP contribution in [0.4, 0.5) is 0 Å². The van der Waals surface area contributed by atoms with Crippen molar-refractivity contribution in [2.75, 3.05) is 0 Å². The average Bonchev–Trinajstić information content (AvgIpc) is 2.79. The number of aryl methyl sites for hydroxylation is 2. The van der Waals surface area contributed by atoms with Crippen molar-refractivity contribution in [2.24, 2.45) is 0 Å². The van der Waals surface area contributed by atoms with Gasteiger partial charge in [0.1, 0.15) is 11.5 Å². The number of benzene rings is 3. The van der Waals surface area contributed by atoms with Crippen molar-refractivity contribution in [3.8, 4) is 23.8 Å². The van der Waals surface area contributed by atoms with E-state index in [0.717, 1.165) is 37.2 Å². The summed E-state index contributed by atoms with van der Waals surface area (Å²) in [5, 5.41) is 0. The summed E-state index contributed by atoms with van der Waals surface area (Å²) in [5.74, 6) is 4.80. The van der Waals surface area contributed by atoms with Crippen LogP contribution in [0.3, 0.4) is 0 Å². The molecule has 1 nitrogen and oxygen atoms in total. The molecule has 0 amide bonds. The highest BCUT2D eigenvalue weighted by molar-refractivity contribution is 5.36. The minimum absolute atomic E-state index is 0.235. The lowest BCUT2D eigenvalue weighted by Gasteiger charge is -2.24. The Kier molecular flexibility index (Phi) is 7.75. The van der Waals surface area contributed by atoms with Crippen molar-refractivity contribution in [2.45, 2.75) is 57.8 Å². The van der Waals surface area contributed by atoms with Crippen LogP contribution in [-0.4, -0.2) is 0 Å². The van der Waals surface area contributed by atoms with Crippen LogP contribution in [-0.2, 0) is 18.3 Å². The van der Waals surface area contributed by atoms with Crippen LogP contribution in [0.1, 0.15) is 56.2 Å². The van der Waals surface area contributed by atoms with E-state index in [0.29, 0.717) is 0 Å². The van der Waals surface area contributed by atoms with E-state index in [-0.39, 0.29) is 5.41 Å². The lowest BCUT2D eigenvalue weighted by molar-refractivity contribution is 0.481. The topological polar surface area (TPSA) is 9.23 Å². The molecule has 0 aliphatic heterocycles. The molecule has 1 heteroatoms. The monoisotopic (exact) mass is 396 g/mol. The minimum Gasteiger partial charge on any atom is -0.457 e. The molecule has 3 aromatic rings. The predicted molar refractivity (Wildman–Crippen MR) is 127 cm³/mol. The van der Waals surface area contributed by atoms with Crippen molar-refractivity contribution < 1.29 is 4.74 Å². The summed E-state index contributed by atoms with van der Waals surface area (Å²) in [6.45, 7) is 4.41. The molecule has 154 valence electrons. The fourth-order valence-corrected chi connectivity index (χ4v) is 3.76. The summed E-state index contributed by atoms with van der Waals surface area (Å²) < 4.78 is 5.96. The second-order valence-electron chi connectivity index (χ2n) is 8.19. The summed E-state index contributed by atoms with van der Waals surface area (Å²) in [5.41, 5.74) is 3.68. The number of hydrogen-bond acceptors (Lipinski definition) is 1. The molecule has 0 heterocycles. The van der Waals surface area contributed by atoms with Gasteiger partial charge in [0.05, 0.1) is 5.41 Å². The maximum absolute atomic E-state index is 5.98. The third kappa shape index (κ3) is 6.01. The first-order chi connectivity index (χ1) is 14.6. The van der Waals surface area contributed by atoms with Crippen molar-refractivity contribution in [1.82, 2.24) is 0 Å². The zero-order valence-corrected chi connectivity index (χ0v) is 18.2. The molecule has 0 aliphatic carbocycles. The van der Waals surface area contributed by atoms with Crippen LogP contribution < -0.4 is 4.74 Å². The second kappa shape index (κ2) is 10.7. The Morgan fingerprint density at radius 2 is 1.50 bits per heavy atom. The van der Waals surface area contributed by atoms with Gasteiger partial charge in [-0.15, -0.1) is 6.42 Å². The molecular weight excluding hydrogens is 364 g/mol. The summed E-state index contributed by atoms with van der Waals surface area (Å²) in [6, 6.07) is 27.2. The van der Waals surface area contributed by atoms with E-state index in [1.807, 2.05) is 36.4 Å². The lowest BCUT2D eigenvalue weighted by Crippen LogP contribution is -2.19. The Bertz CT molecular complexity index is 950. The maximum atomic E-state index is 5.98. The summed E-state index contributed by atoms with van der Waals surface area (Å²) in [7, 11) is 0. The second-order valence-corrected chi connectivity index (χ2v) is 8.19. The summed E-state index contributed by atoms with van der Waals surface area (Å²) in [6.07, 6.45) is 12.6. The van der Waals surface area contributed by atoms with Crippen molar-refractivity contribution in [1.29, 1.82) is 0 Å². The molecule has 30 heavy (non-hydrogen) atoms. The smallest absolute Gasteiger partial charge is 0.127 e. The summed E-state index contributed by atoms with van der Waals surface area (Å²) in [4.78, 5) is 0. The first-order valence-electron chi connectivity index (χ1n) is 11.0. The summed E-state index contributed by atoms with van der Waals surface area (Å²) >= 11 is 0. The van der Waals surface area contributed by atoms with E-state index in [9.17, 15) is 0 Å². The Morgan fingerprint density at radius 3 is 2.20 bits per heavy atom. The first-order valence-corrected chi connectivity index (χ1v) is 11.0. The van der Waals surface area contributed by atoms with Crippen LogP contribution in [0.15, 0.2) is 78.9 Å². The van der Waals surface area contributed by atoms with Gasteiger partial charge in [-0.05, 0) is 80.0 Å². The Balaban J connectivity index is 1.59. The van der Waals surface area contributed by atoms with Gasteiger partial charge in [0.2, 0.25) is 0 Å².